The second-order valence-electron chi connectivity index (χ2n) is 6.49. The monoisotopic (exact) mass is 436 g/mol. The Labute approximate surface area is 184 Å². The third-order valence-corrected chi connectivity index (χ3v) is 4.40. The van der Waals surface area contributed by atoms with E-state index in [0.29, 0.717) is 5.78 Å². The number of carboxylic acid groups (broad SMARTS) is 2. The minimum absolute atomic E-state index is 0.0231. The molecule has 0 aromatic heterocycles. The van der Waals surface area contributed by atoms with Gasteiger partial charge in [-0.2, -0.15) is 0 Å². The van der Waals surface area contributed by atoms with Gasteiger partial charge in [0.25, 0.3) is 0 Å². The van der Waals surface area contributed by atoms with Crippen LogP contribution in [0, 0.1) is 0 Å². The van der Waals surface area contributed by atoms with Crippen LogP contribution >= 0.6 is 0 Å². The molecule has 1 spiro atoms. The number of anilines is 1. The highest BCUT2D eigenvalue weighted by Crippen LogP contribution is 2.47. The number of fused-ring (bicyclic) bond motifs is 2. The first kappa shape index (κ1) is 30.2. The Bertz CT molecular complexity index is 707. The van der Waals surface area contributed by atoms with Crippen molar-refractivity contribution in [2.75, 3.05) is 5.32 Å². The van der Waals surface area contributed by atoms with Gasteiger partial charge in [-0.05, 0) is 38.7 Å². The molecule has 1 fully saturated rings. The van der Waals surface area contributed by atoms with Crippen molar-refractivity contribution in [1.29, 1.82) is 0 Å². The molecule has 1 aromatic rings. The quantitative estimate of drug-likeness (QED) is 0.522. The van der Waals surface area contributed by atoms with Gasteiger partial charge in [0.15, 0.2) is 5.78 Å². The summed E-state index contributed by atoms with van der Waals surface area (Å²) in [5, 5.41) is 19.6. The number of carbonyl (C=O) groups excluding carboxylic acids is 2. The van der Waals surface area contributed by atoms with E-state index in [1.165, 1.54) is 5.56 Å². The number of rotatable bonds is 4. The Hall–Kier alpha value is -3.00. The first-order chi connectivity index (χ1) is 14.8. The summed E-state index contributed by atoms with van der Waals surface area (Å²) < 4.78 is 0. The first-order valence-electron chi connectivity index (χ1n) is 10.3. The predicted molar refractivity (Wildman–Crippen MR) is 122 cm³/mol. The number of carboxylic acids is 2. The van der Waals surface area contributed by atoms with E-state index >= 15 is 0 Å². The minimum Gasteiger partial charge on any atom is -0.481 e. The van der Waals surface area contributed by atoms with Crippen molar-refractivity contribution < 1.29 is 29.4 Å². The van der Waals surface area contributed by atoms with Crippen LogP contribution in [0.4, 0.5) is 5.69 Å². The summed E-state index contributed by atoms with van der Waals surface area (Å²) in [6.45, 7) is 11.2. The summed E-state index contributed by atoms with van der Waals surface area (Å²) in [5.41, 5.74) is 7.06. The van der Waals surface area contributed by atoms with Crippen molar-refractivity contribution in [3.63, 3.8) is 0 Å². The van der Waals surface area contributed by atoms with Gasteiger partial charge in [0.2, 0.25) is 0 Å². The molecule has 0 bridgehead atoms. The van der Waals surface area contributed by atoms with Gasteiger partial charge in [0.05, 0.1) is 0 Å². The third-order valence-electron chi connectivity index (χ3n) is 4.40. The number of ketones is 1. The van der Waals surface area contributed by atoms with Gasteiger partial charge in [-0.1, -0.05) is 38.1 Å². The summed E-state index contributed by atoms with van der Waals surface area (Å²) in [5.74, 6) is -1.82. The Morgan fingerprint density at radius 1 is 1.23 bits per heavy atom. The Balaban J connectivity index is 0. The normalized spacial score (nSPS) is 18.0. The number of carbonyl (C=O) groups is 4. The van der Waals surface area contributed by atoms with Gasteiger partial charge in [0.1, 0.15) is 18.4 Å². The standard InChI is InChI=1S/C12H13NO.C5H9NO4.C3H6.C2H6.CH2O/c14-11-7-3-4-8-12(11)9-5-1-2-6-10(9)13-12;6-3(5(9)10)1-2-4(7)8;1-3-2;2*1-2/h1-2,5-6,13H,3-4,7-8H2;3H,1-2,6H2,(H,7,8)(H,9,10);3H,1H2,2H3;1-2H3;1H2/t12-;3-;;;/m10.../s1. The molecule has 0 unspecified atom stereocenters. The number of Topliss-reactive ketones (excluding diaryl/α,β-unsaturated/α-hetero) is 1. The van der Waals surface area contributed by atoms with E-state index in [4.69, 9.17) is 20.7 Å². The molecule has 8 heteroatoms. The zero-order valence-corrected chi connectivity index (χ0v) is 18.7. The number of hydrogen-bond acceptors (Lipinski definition) is 6. The molecule has 1 aliphatic heterocycles. The maximum Gasteiger partial charge on any atom is 0.320 e. The lowest BCUT2D eigenvalue weighted by molar-refractivity contribution is -0.140. The van der Waals surface area contributed by atoms with E-state index in [2.05, 4.69) is 18.0 Å². The largest absolute Gasteiger partial charge is 0.481 e. The van der Waals surface area contributed by atoms with E-state index in [-0.39, 0.29) is 18.4 Å². The third kappa shape index (κ3) is 9.57. The van der Waals surface area contributed by atoms with Crippen LogP contribution < -0.4 is 11.1 Å². The molecule has 1 heterocycles. The molecule has 0 amide bonds. The molecule has 2 atom stereocenters. The smallest absolute Gasteiger partial charge is 0.320 e. The molecular formula is C23H36N2O6. The molecule has 0 radical (unpaired) electrons. The molecule has 174 valence electrons. The Kier molecular flexibility index (Phi) is 16.3. The number of nitrogens with one attached hydrogen (secondary N) is 1. The van der Waals surface area contributed by atoms with Crippen LogP contribution in [0.25, 0.3) is 0 Å². The molecule has 8 nitrogen and oxygen atoms in total. The topological polar surface area (TPSA) is 147 Å². The molecule has 2 aliphatic rings. The summed E-state index contributed by atoms with van der Waals surface area (Å²) in [7, 11) is 0. The van der Waals surface area contributed by atoms with Crippen molar-refractivity contribution in [3.05, 3.63) is 42.5 Å². The highest BCUT2D eigenvalue weighted by atomic mass is 16.4. The molecule has 1 aliphatic carbocycles. The van der Waals surface area contributed by atoms with Crippen LogP contribution in [-0.2, 0) is 24.7 Å². The van der Waals surface area contributed by atoms with Crippen molar-refractivity contribution in [2.45, 2.75) is 70.9 Å². The molecular weight excluding hydrogens is 400 g/mol. The highest BCUT2D eigenvalue weighted by molar-refractivity contribution is 5.99. The van der Waals surface area contributed by atoms with Gasteiger partial charge in [0, 0.05) is 24.1 Å². The van der Waals surface area contributed by atoms with E-state index in [1.807, 2.05) is 45.8 Å². The molecule has 5 N–H and O–H groups in total. The van der Waals surface area contributed by atoms with Gasteiger partial charge >= 0.3 is 11.9 Å². The molecule has 1 saturated carbocycles. The van der Waals surface area contributed by atoms with Crippen LogP contribution in [0.5, 0.6) is 0 Å². The van der Waals surface area contributed by atoms with Crippen LogP contribution in [0.15, 0.2) is 36.9 Å². The zero-order valence-electron chi connectivity index (χ0n) is 18.7. The number of nitrogens with two attached hydrogens (primary N) is 1. The predicted octanol–water partition coefficient (Wildman–Crippen LogP) is 3.75. The summed E-state index contributed by atoms with van der Waals surface area (Å²) >= 11 is 0. The number of hydrogen-bond donors (Lipinski definition) is 4. The van der Waals surface area contributed by atoms with Gasteiger partial charge < -0.3 is 26.1 Å². The fourth-order valence-electron chi connectivity index (χ4n) is 3.05. The number of aliphatic carboxylic acids is 2. The fraction of sp³-hybridized carbons (Fsp3) is 0.478. The summed E-state index contributed by atoms with van der Waals surface area (Å²) in [6.07, 6.45) is 5.46. The SMILES string of the molecule is C=CC.C=O.CC.N[C@@H](CCC(=O)O)C(=O)O.O=C1CCCC[C@]12Nc1ccccc12. The minimum atomic E-state index is -1.17. The molecule has 3 rings (SSSR count). The van der Waals surface area contributed by atoms with Gasteiger partial charge in [-0.15, -0.1) is 6.58 Å². The summed E-state index contributed by atoms with van der Waals surface area (Å²) in [4.78, 5) is 39.8. The number of para-hydroxylation sites is 1. The second kappa shape index (κ2) is 16.8. The second-order valence-corrected chi connectivity index (χ2v) is 6.49. The van der Waals surface area contributed by atoms with Crippen molar-refractivity contribution in [2.24, 2.45) is 5.73 Å². The molecule has 1 aromatic carbocycles. The lowest BCUT2D eigenvalue weighted by Crippen LogP contribution is -2.52. The van der Waals surface area contributed by atoms with E-state index in [0.717, 1.165) is 31.4 Å². The number of benzene rings is 1. The van der Waals surface area contributed by atoms with Crippen molar-refractivity contribution in [3.8, 4) is 0 Å². The van der Waals surface area contributed by atoms with E-state index in [1.54, 1.807) is 6.08 Å². The maximum absolute atomic E-state index is 11.9. The van der Waals surface area contributed by atoms with Crippen LogP contribution in [0.3, 0.4) is 0 Å². The zero-order chi connectivity index (χ0) is 24.4. The van der Waals surface area contributed by atoms with Crippen LogP contribution in [0.1, 0.15) is 64.9 Å². The molecule has 31 heavy (non-hydrogen) atoms. The average Bonchev–Trinajstić information content (AvgIpc) is 2.76. The van der Waals surface area contributed by atoms with E-state index < -0.39 is 18.0 Å². The first-order valence-corrected chi connectivity index (χ1v) is 10.3. The average molecular weight is 437 g/mol. The summed E-state index contributed by atoms with van der Waals surface area (Å²) in [6, 6.07) is 7.09. The van der Waals surface area contributed by atoms with Crippen LogP contribution in [0.2, 0.25) is 0 Å². The van der Waals surface area contributed by atoms with Gasteiger partial charge in [-0.3, -0.25) is 14.4 Å². The highest BCUT2D eigenvalue weighted by Gasteiger charge is 2.48. The Morgan fingerprint density at radius 2 is 1.77 bits per heavy atom. The fourth-order valence-corrected chi connectivity index (χ4v) is 3.05. The van der Waals surface area contributed by atoms with Crippen LogP contribution in [-0.4, -0.2) is 40.8 Å². The lowest BCUT2D eigenvalue weighted by atomic mass is 9.70. The molecule has 0 saturated heterocycles. The Morgan fingerprint density at radius 3 is 2.23 bits per heavy atom. The van der Waals surface area contributed by atoms with Crippen molar-refractivity contribution in [1.82, 2.24) is 0 Å². The van der Waals surface area contributed by atoms with Gasteiger partial charge in [-0.25, -0.2) is 0 Å². The van der Waals surface area contributed by atoms with E-state index in [9.17, 15) is 14.4 Å². The number of allylic oxidation sites excluding steroid dienone is 1. The van der Waals surface area contributed by atoms with Crippen molar-refractivity contribution >= 4 is 30.2 Å². The lowest BCUT2D eigenvalue weighted by Gasteiger charge is -2.46. The maximum atomic E-state index is 11.9.